The first-order valence-corrected chi connectivity index (χ1v) is 13.9. The Labute approximate surface area is 206 Å². The van der Waals surface area contributed by atoms with Gasteiger partial charge in [0, 0.05) is 35.1 Å². The Morgan fingerprint density at radius 2 is 1.88 bits per heavy atom. The summed E-state index contributed by atoms with van der Waals surface area (Å²) in [5.41, 5.74) is 2.01. The smallest absolute Gasteiger partial charge is 0.227 e. The summed E-state index contributed by atoms with van der Waals surface area (Å²) in [6.07, 6.45) is 4.91. The molecule has 0 radical (unpaired) electrons. The molecule has 2 aromatic heterocycles. The van der Waals surface area contributed by atoms with Gasteiger partial charge in [-0.15, -0.1) is 0 Å². The minimum absolute atomic E-state index is 0.0752. The first kappa shape index (κ1) is 22.5. The van der Waals surface area contributed by atoms with Crippen LogP contribution >= 0.6 is 23.2 Å². The van der Waals surface area contributed by atoms with E-state index >= 15 is 4.39 Å². The van der Waals surface area contributed by atoms with E-state index in [1.165, 1.54) is 0 Å². The Morgan fingerprint density at radius 1 is 1.09 bits per heavy atom. The van der Waals surface area contributed by atoms with E-state index in [4.69, 9.17) is 23.2 Å². The van der Waals surface area contributed by atoms with Gasteiger partial charge in [0.2, 0.25) is 5.95 Å². The number of alkyl halides is 1. The van der Waals surface area contributed by atoms with Gasteiger partial charge in [0.1, 0.15) is 6.17 Å². The Morgan fingerprint density at radius 3 is 2.59 bits per heavy atom. The van der Waals surface area contributed by atoms with Crippen LogP contribution in [0.3, 0.4) is 0 Å². The van der Waals surface area contributed by atoms with Crippen molar-refractivity contribution in [3.05, 3.63) is 40.3 Å². The first-order chi connectivity index (χ1) is 16.3. The van der Waals surface area contributed by atoms with Crippen LogP contribution in [0.5, 0.6) is 0 Å². The summed E-state index contributed by atoms with van der Waals surface area (Å²) in [6, 6.07) is 3.89. The molecule has 0 amide bonds. The zero-order valence-electron chi connectivity index (χ0n) is 18.2. The van der Waals surface area contributed by atoms with Gasteiger partial charge in [-0.1, -0.05) is 23.2 Å². The van der Waals surface area contributed by atoms with Crippen LogP contribution in [0, 0.1) is 0 Å². The predicted octanol–water partition coefficient (Wildman–Crippen LogP) is 4.14. The van der Waals surface area contributed by atoms with Gasteiger partial charge in [-0.25, -0.2) is 27.5 Å². The van der Waals surface area contributed by atoms with Crippen molar-refractivity contribution in [3.63, 3.8) is 0 Å². The van der Waals surface area contributed by atoms with Crippen LogP contribution in [0.25, 0.3) is 10.9 Å². The zero-order chi connectivity index (χ0) is 23.6. The minimum Gasteiger partial charge on any atom is -0.320 e. The van der Waals surface area contributed by atoms with Crippen LogP contribution in [0.15, 0.2) is 24.5 Å². The summed E-state index contributed by atoms with van der Waals surface area (Å²) in [5.74, 6) is 0.243. The average molecular weight is 525 g/mol. The van der Waals surface area contributed by atoms with Crippen molar-refractivity contribution in [2.45, 2.75) is 43.4 Å². The first-order valence-electron chi connectivity index (χ1n) is 11.3. The van der Waals surface area contributed by atoms with Crippen LogP contribution in [-0.2, 0) is 9.84 Å². The fourth-order valence-corrected chi connectivity index (χ4v) is 6.98. The summed E-state index contributed by atoms with van der Waals surface area (Å²) in [7, 11) is -2.94. The highest BCUT2D eigenvalue weighted by Crippen LogP contribution is 2.40. The molecule has 180 valence electrons. The number of nitrogens with one attached hydrogen (secondary N) is 1. The van der Waals surface area contributed by atoms with Crippen molar-refractivity contribution in [2.24, 2.45) is 0 Å². The van der Waals surface area contributed by atoms with E-state index in [0.717, 1.165) is 18.2 Å². The lowest BCUT2D eigenvalue weighted by Gasteiger charge is -2.42. The summed E-state index contributed by atoms with van der Waals surface area (Å²) < 4.78 is 40.1. The minimum atomic E-state index is -2.94. The maximum Gasteiger partial charge on any atom is 0.227 e. The molecule has 1 aliphatic carbocycles. The summed E-state index contributed by atoms with van der Waals surface area (Å²) in [5, 5.41) is 9.23. The SMILES string of the molecule is O=S1(=O)CC(N2CCC(c3cc4nc(Nc5cnn(C6CC6)c5Cl)ncc4cc3Cl)[C@@H](F)C2)C1. The number of halogens is 3. The Bertz CT molecular complexity index is 1370. The van der Waals surface area contributed by atoms with Crippen molar-refractivity contribution >= 4 is 55.6 Å². The topological polar surface area (TPSA) is 93.0 Å². The maximum atomic E-state index is 15.2. The molecule has 12 heteroatoms. The van der Waals surface area contributed by atoms with E-state index in [1.54, 1.807) is 23.1 Å². The quantitative estimate of drug-likeness (QED) is 0.536. The van der Waals surface area contributed by atoms with Gasteiger partial charge in [-0.2, -0.15) is 5.10 Å². The Hall–Kier alpha value is -2.01. The molecule has 1 aromatic carbocycles. The molecule has 2 atom stereocenters. The monoisotopic (exact) mass is 524 g/mol. The van der Waals surface area contributed by atoms with Crippen LogP contribution in [0.4, 0.5) is 16.0 Å². The van der Waals surface area contributed by atoms with Crippen LogP contribution in [0.2, 0.25) is 10.2 Å². The van der Waals surface area contributed by atoms with E-state index in [9.17, 15) is 8.42 Å². The second-order valence-corrected chi connectivity index (χ2v) is 12.3. The molecule has 0 bridgehead atoms. The van der Waals surface area contributed by atoms with Gasteiger partial charge in [0.05, 0.1) is 34.9 Å². The molecule has 4 heterocycles. The number of nitrogens with zero attached hydrogens (tertiary/aromatic N) is 5. The van der Waals surface area contributed by atoms with E-state index in [2.05, 4.69) is 20.4 Å². The molecule has 0 spiro atoms. The average Bonchev–Trinajstić information content (AvgIpc) is 3.56. The number of sulfone groups is 1. The van der Waals surface area contributed by atoms with Crippen LogP contribution in [-0.4, -0.2) is 69.9 Å². The standard InChI is InChI=1S/C22H23Cl2FN6O2S/c23-17-5-12-7-26-22(29-20-8-27-31(21(20)24)13-1-2-13)28-19(12)6-16(17)15-3-4-30(9-18(15)25)14-10-34(32,33)11-14/h5-8,13-15,18H,1-4,9-11H2,(H,26,28,29)/t15?,18-/m0/s1. The van der Waals surface area contributed by atoms with Crippen molar-refractivity contribution < 1.29 is 12.8 Å². The van der Waals surface area contributed by atoms with Gasteiger partial charge in [-0.3, -0.25) is 4.90 Å². The number of aromatic nitrogens is 4. The Balaban J connectivity index is 1.22. The zero-order valence-corrected chi connectivity index (χ0v) is 20.5. The van der Waals surface area contributed by atoms with Crippen LogP contribution < -0.4 is 5.32 Å². The summed E-state index contributed by atoms with van der Waals surface area (Å²) in [6.45, 7) is 0.846. The summed E-state index contributed by atoms with van der Waals surface area (Å²) in [4.78, 5) is 10.9. The number of rotatable bonds is 5. The molecule has 2 saturated heterocycles. The van der Waals surface area contributed by atoms with Gasteiger partial charge in [-0.05, 0) is 43.5 Å². The highest BCUT2D eigenvalue weighted by atomic mass is 35.5. The number of likely N-dealkylation sites (tertiary alicyclic amines) is 1. The number of hydrogen-bond acceptors (Lipinski definition) is 7. The van der Waals surface area contributed by atoms with E-state index in [1.807, 2.05) is 11.0 Å². The molecule has 3 fully saturated rings. The molecular formula is C22H23Cl2FN6O2S. The van der Waals surface area contributed by atoms with Gasteiger partial charge in [0.15, 0.2) is 15.0 Å². The highest BCUT2D eigenvalue weighted by molar-refractivity contribution is 7.92. The van der Waals surface area contributed by atoms with Crippen LogP contribution in [0.1, 0.15) is 36.8 Å². The molecule has 1 unspecified atom stereocenters. The second kappa shape index (κ2) is 8.29. The summed E-state index contributed by atoms with van der Waals surface area (Å²) >= 11 is 13.0. The van der Waals surface area contributed by atoms with Crippen molar-refractivity contribution in [3.8, 4) is 0 Å². The van der Waals surface area contributed by atoms with Crippen molar-refractivity contribution in [2.75, 3.05) is 29.9 Å². The van der Waals surface area contributed by atoms with Crippen molar-refractivity contribution in [1.29, 1.82) is 0 Å². The molecule has 1 saturated carbocycles. The second-order valence-electron chi connectivity index (χ2n) is 9.41. The van der Waals surface area contributed by atoms with E-state index in [-0.39, 0.29) is 30.0 Å². The van der Waals surface area contributed by atoms with Gasteiger partial charge in [0.25, 0.3) is 0 Å². The lowest BCUT2D eigenvalue weighted by molar-refractivity contribution is 0.0912. The molecule has 34 heavy (non-hydrogen) atoms. The number of hydrogen-bond donors (Lipinski definition) is 1. The normalized spacial score (nSPS) is 25.4. The number of benzene rings is 1. The number of fused-ring (bicyclic) bond motifs is 1. The van der Waals surface area contributed by atoms with Gasteiger partial charge >= 0.3 is 0 Å². The molecule has 3 aliphatic rings. The largest absolute Gasteiger partial charge is 0.320 e. The third-order valence-corrected chi connectivity index (χ3v) is 9.44. The number of piperidine rings is 1. The fourth-order valence-electron chi connectivity index (χ4n) is 4.90. The maximum absolute atomic E-state index is 15.2. The molecule has 8 nitrogen and oxygen atoms in total. The third-order valence-electron chi connectivity index (χ3n) is 6.95. The lowest BCUT2D eigenvalue weighted by atomic mass is 9.87. The predicted molar refractivity (Wildman–Crippen MR) is 130 cm³/mol. The molecule has 2 aliphatic heterocycles. The van der Waals surface area contributed by atoms with E-state index in [0.29, 0.717) is 51.9 Å². The molecular weight excluding hydrogens is 502 g/mol. The highest BCUT2D eigenvalue weighted by Gasteiger charge is 2.42. The molecule has 1 N–H and O–H groups in total. The number of anilines is 2. The van der Waals surface area contributed by atoms with Gasteiger partial charge < -0.3 is 5.32 Å². The van der Waals surface area contributed by atoms with Crippen molar-refractivity contribution in [1.82, 2.24) is 24.6 Å². The fraction of sp³-hybridized carbons (Fsp3) is 0.500. The molecule has 3 aromatic rings. The molecule has 6 rings (SSSR count). The third kappa shape index (κ3) is 4.14. The van der Waals surface area contributed by atoms with E-state index < -0.39 is 16.0 Å². The lowest BCUT2D eigenvalue weighted by Crippen LogP contribution is -2.57. The Kier molecular flexibility index (Phi) is 5.47.